The Morgan fingerprint density at radius 1 is 0.816 bits per heavy atom. The van der Waals surface area contributed by atoms with Gasteiger partial charge in [-0.3, -0.25) is 9.59 Å². The van der Waals surface area contributed by atoms with Crippen LogP contribution in [0.1, 0.15) is 29.3 Å². The van der Waals surface area contributed by atoms with Crippen molar-refractivity contribution < 1.29 is 23.8 Å². The van der Waals surface area contributed by atoms with Crippen molar-refractivity contribution in [2.75, 3.05) is 26.1 Å². The monoisotopic (exact) mass is 512 g/mol. The van der Waals surface area contributed by atoms with E-state index in [0.717, 1.165) is 16.3 Å². The normalized spacial score (nSPS) is 11.4. The minimum atomic E-state index is -0.720. The summed E-state index contributed by atoms with van der Waals surface area (Å²) in [6.45, 7) is 2.31. The first-order valence-electron chi connectivity index (χ1n) is 12.6. The molecule has 0 aromatic heterocycles. The average molecular weight is 513 g/mol. The fourth-order valence-electron chi connectivity index (χ4n) is 4.23. The molecule has 0 aliphatic rings. The molecule has 0 heterocycles. The van der Waals surface area contributed by atoms with Crippen LogP contribution in [0.3, 0.4) is 0 Å². The Hall–Kier alpha value is -4.52. The molecule has 0 fully saturated rings. The van der Waals surface area contributed by atoms with E-state index in [1.165, 1.54) is 0 Å². The Bertz CT molecular complexity index is 1410. The molecule has 0 unspecified atom stereocenters. The molecule has 1 atom stereocenters. The molecule has 0 aliphatic heterocycles. The van der Waals surface area contributed by atoms with Gasteiger partial charge in [-0.2, -0.15) is 0 Å². The fraction of sp³-hybridized carbons (Fsp3) is 0.226. The maximum absolute atomic E-state index is 13.2. The molecule has 0 saturated heterocycles. The van der Waals surface area contributed by atoms with Gasteiger partial charge in [0.1, 0.15) is 5.75 Å². The van der Waals surface area contributed by atoms with Crippen molar-refractivity contribution in [3.8, 4) is 17.2 Å². The SMILES string of the molecule is CC[C@@H](Oc1cccc2ccccc12)C(=O)Nc1ccccc1C(=O)NCCc1ccc(OC)c(OC)c1. The number of hydrogen-bond donors (Lipinski definition) is 2. The van der Waals surface area contributed by atoms with Gasteiger partial charge in [-0.15, -0.1) is 0 Å². The number of nitrogens with one attached hydrogen (secondary N) is 2. The predicted octanol–water partition coefficient (Wildman–Crippen LogP) is 5.63. The number of anilines is 1. The summed E-state index contributed by atoms with van der Waals surface area (Å²) in [5, 5.41) is 7.81. The fourth-order valence-corrected chi connectivity index (χ4v) is 4.23. The number of carbonyl (C=O) groups excluding carboxylic acids is 2. The molecular weight excluding hydrogens is 480 g/mol. The Morgan fingerprint density at radius 2 is 1.55 bits per heavy atom. The second kappa shape index (κ2) is 12.6. The molecule has 0 radical (unpaired) electrons. The highest BCUT2D eigenvalue weighted by atomic mass is 16.5. The quantitative estimate of drug-likeness (QED) is 0.272. The van der Waals surface area contributed by atoms with Gasteiger partial charge in [0.05, 0.1) is 25.5 Å². The Balaban J connectivity index is 1.41. The maximum Gasteiger partial charge on any atom is 0.265 e. The maximum atomic E-state index is 13.2. The summed E-state index contributed by atoms with van der Waals surface area (Å²) < 4.78 is 16.8. The van der Waals surface area contributed by atoms with Gasteiger partial charge in [0, 0.05) is 11.9 Å². The van der Waals surface area contributed by atoms with E-state index >= 15 is 0 Å². The Kier molecular flexibility index (Phi) is 8.82. The van der Waals surface area contributed by atoms with Crippen LogP contribution in [0.25, 0.3) is 10.8 Å². The van der Waals surface area contributed by atoms with Crippen molar-refractivity contribution in [3.05, 3.63) is 96.1 Å². The van der Waals surface area contributed by atoms with Crippen molar-refractivity contribution in [3.63, 3.8) is 0 Å². The van der Waals surface area contributed by atoms with E-state index in [2.05, 4.69) is 10.6 Å². The third-order valence-electron chi connectivity index (χ3n) is 6.26. The van der Waals surface area contributed by atoms with E-state index in [9.17, 15) is 9.59 Å². The van der Waals surface area contributed by atoms with Crippen LogP contribution < -0.4 is 24.8 Å². The van der Waals surface area contributed by atoms with Crippen LogP contribution in [0, 0.1) is 0 Å². The summed E-state index contributed by atoms with van der Waals surface area (Å²) in [6.07, 6.45) is 0.355. The minimum absolute atomic E-state index is 0.274. The summed E-state index contributed by atoms with van der Waals surface area (Å²) in [5.74, 6) is 1.35. The standard InChI is InChI=1S/C31H32N2O5/c1-4-26(38-27-15-9-11-22-10-5-6-12-23(22)27)31(35)33-25-14-8-7-13-24(25)30(34)32-19-18-21-16-17-28(36-2)29(20-21)37-3/h5-17,20,26H,4,18-19H2,1-3H3,(H,32,34)(H,33,35)/t26-/m1/s1. The lowest BCUT2D eigenvalue weighted by molar-refractivity contribution is -0.122. The predicted molar refractivity (Wildman–Crippen MR) is 149 cm³/mol. The molecule has 4 aromatic rings. The molecule has 0 aliphatic carbocycles. The van der Waals surface area contributed by atoms with Crippen molar-refractivity contribution in [1.29, 1.82) is 0 Å². The topological polar surface area (TPSA) is 85.9 Å². The van der Waals surface area contributed by atoms with E-state index in [1.807, 2.05) is 67.6 Å². The summed E-state index contributed by atoms with van der Waals surface area (Å²) in [5.41, 5.74) is 1.81. The molecular formula is C31H32N2O5. The van der Waals surface area contributed by atoms with Gasteiger partial charge in [-0.1, -0.05) is 61.5 Å². The van der Waals surface area contributed by atoms with Crippen molar-refractivity contribution >= 4 is 28.3 Å². The summed E-state index contributed by atoms with van der Waals surface area (Å²) in [7, 11) is 3.18. The van der Waals surface area contributed by atoms with Gasteiger partial charge in [-0.25, -0.2) is 0 Å². The van der Waals surface area contributed by atoms with Gasteiger partial charge in [0.25, 0.3) is 11.8 Å². The lowest BCUT2D eigenvalue weighted by Crippen LogP contribution is -2.33. The van der Waals surface area contributed by atoms with E-state index in [4.69, 9.17) is 14.2 Å². The number of carbonyl (C=O) groups is 2. The first kappa shape index (κ1) is 26.5. The molecule has 7 nitrogen and oxygen atoms in total. The van der Waals surface area contributed by atoms with Crippen molar-refractivity contribution in [2.45, 2.75) is 25.9 Å². The zero-order chi connectivity index (χ0) is 26.9. The van der Waals surface area contributed by atoms with E-state index in [1.54, 1.807) is 38.5 Å². The lowest BCUT2D eigenvalue weighted by Gasteiger charge is -2.19. The molecule has 2 N–H and O–H groups in total. The number of fused-ring (bicyclic) bond motifs is 1. The van der Waals surface area contributed by atoms with Crippen molar-refractivity contribution in [2.24, 2.45) is 0 Å². The average Bonchev–Trinajstić information content (AvgIpc) is 2.96. The van der Waals surface area contributed by atoms with Crippen LogP contribution in [0.15, 0.2) is 84.9 Å². The number of rotatable bonds is 11. The second-order valence-electron chi connectivity index (χ2n) is 8.72. The number of benzene rings is 4. The second-order valence-corrected chi connectivity index (χ2v) is 8.72. The number of para-hydroxylation sites is 1. The van der Waals surface area contributed by atoms with Gasteiger partial charge in [-0.05, 0) is 54.1 Å². The third kappa shape index (κ3) is 6.24. The summed E-state index contributed by atoms with van der Waals surface area (Å²) in [4.78, 5) is 26.2. The zero-order valence-electron chi connectivity index (χ0n) is 21.8. The number of hydrogen-bond acceptors (Lipinski definition) is 5. The first-order chi connectivity index (χ1) is 18.5. The van der Waals surface area contributed by atoms with Gasteiger partial charge in [0.15, 0.2) is 17.6 Å². The largest absolute Gasteiger partial charge is 0.493 e. The highest BCUT2D eigenvalue weighted by molar-refractivity contribution is 6.04. The first-order valence-corrected chi connectivity index (χ1v) is 12.6. The number of amides is 2. The summed E-state index contributed by atoms with van der Waals surface area (Å²) >= 11 is 0. The van der Waals surface area contributed by atoms with Crippen LogP contribution in [-0.4, -0.2) is 38.7 Å². The zero-order valence-corrected chi connectivity index (χ0v) is 21.8. The molecule has 4 rings (SSSR count). The van der Waals surface area contributed by atoms with E-state index in [0.29, 0.717) is 47.9 Å². The molecule has 38 heavy (non-hydrogen) atoms. The van der Waals surface area contributed by atoms with Crippen molar-refractivity contribution in [1.82, 2.24) is 5.32 Å². The van der Waals surface area contributed by atoms with Gasteiger partial charge in [0.2, 0.25) is 0 Å². The van der Waals surface area contributed by atoms with E-state index in [-0.39, 0.29) is 11.8 Å². The minimum Gasteiger partial charge on any atom is -0.493 e. The number of ether oxygens (including phenoxy) is 3. The van der Waals surface area contributed by atoms with Gasteiger partial charge >= 0.3 is 0 Å². The van der Waals surface area contributed by atoms with Gasteiger partial charge < -0.3 is 24.8 Å². The van der Waals surface area contributed by atoms with Crippen LogP contribution in [0.2, 0.25) is 0 Å². The Labute approximate surface area is 222 Å². The highest BCUT2D eigenvalue weighted by Gasteiger charge is 2.21. The molecule has 0 spiro atoms. The lowest BCUT2D eigenvalue weighted by atomic mass is 10.1. The molecule has 2 amide bonds. The molecule has 4 aromatic carbocycles. The van der Waals surface area contributed by atoms with Crippen LogP contribution in [0.4, 0.5) is 5.69 Å². The highest BCUT2D eigenvalue weighted by Crippen LogP contribution is 2.28. The molecule has 7 heteroatoms. The molecule has 0 saturated carbocycles. The van der Waals surface area contributed by atoms with Crippen LogP contribution >= 0.6 is 0 Å². The number of methoxy groups -OCH3 is 2. The Morgan fingerprint density at radius 3 is 2.34 bits per heavy atom. The van der Waals surface area contributed by atoms with Crippen LogP contribution in [-0.2, 0) is 11.2 Å². The molecule has 196 valence electrons. The molecule has 0 bridgehead atoms. The van der Waals surface area contributed by atoms with Crippen LogP contribution in [0.5, 0.6) is 17.2 Å². The van der Waals surface area contributed by atoms with E-state index < -0.39 is 6.10 Å². The third-order valence-corrected chi connectivity index (χ3v) is 6.26. The smallest absolute Gasteiger partial charge is 0.265 e. The summed E-state index contributed by atoms with van der Waals surface area (Å²) in [6, 6.07) is 26.3.